The van der Waals surface area contributed by atoms with Crippen LogP contribution >= 0.6 is 23.2 Å². The highest BCUT2D eigenvalue weighted by Gasteiger charge is 2.18. The van der Waals surface area contributed by atoms with Gasteiger partial charge in [0.2, 0.25) is 0 Å². The van der Waals surface area contributed by atoms with Crippen LogP contribution < -0.4 is 4.90 Å². The predicted octanol–water partition coefficient (Wildman–Crippen LogP) is 3.69. The number of benzene rings is 1. The minimum atomic E-state index is 0.335. The summed E-state index contributed by atoms with van der Waals surface area (Å²) in [7, 11) is 2.06. The average molecular weight is 274 g/mol. The molecule has 1 aromatic carbocycles. The normalized spacial score (nSPS) is 19.6. The molecule has 1 unspecified atom stereocenters. The van der Waals surface area contributed by atoms with E-state index in [1.54, 1.807) is 0 Å². The van der Waals surface area contributed by atoms with Gasteiger partial charge in [-0.15, -0.1) is 11.6 Å². The Bertz CT molecular complexity index is 378. The number of anilines is 1. The van der Waals surface area contributed by atoms with Crippen molar-refractivity contribution in [1.29, 1.82) is 0 Å². The Hall–Kier alpha value is -0.440. The second kappa shape index (κ2) is 5.94. The molecule has 2 rings (SSSR count). The summed E-state index contributed by atoms with van der Waals surface area (Å²) in [6.07, 6.45) is 2.64. The van der Waals surface area contributed by atoms with E-state index < -0.39 is 0 Å². The molecule has 1 heterocycles. The van der Waals surface area contributed by atoms with Crippen molar-refractivity contribution in [3.05, 3.63) is 28.8 Å². The SMILES string of the molecule is CN(CC1CCCO1)c1cc(Cl)ccc1CCl. The molecule has 17 heavy (non-hydrogen) atoms. The van der Waals surface area contributed by atoms with Crippen LogP contribution in [0.25, 0.3) is 0 Å². The molecule has 0 saturated carbocycles. The van der Waals surface area contributed by atoms with Crippen molar-refractivity contribution in [2.45, 2.75) is 24.8 Å². The minimum Gasteiger partial charge on any atom is -0.376 e. The molecule has 0 aliphatic carbocycles. The topological polar surface area (TPSA) is 12.5 Å². The van der Waals surface area contributed by atoms with Gasteiger partial charge in [0, 0.05) is 36.8 Å². The van der Waals surface area contributed by atoms with Crippen molar-refractivity contribution in [2.24, 2.45) is 0 Å². The molecule has 1 fully saturated rings. The summed E-state index contributed by atoms with van der Waals surface area (Å²) in [6, 6.07) is 5.83. The van der Waals surface area contributed by atoms with E-state index in [1.807, 2.05) is 18.2 Å². The van der Waals surface area contributed by atoms with Crippen LogP contribution in [0.5, 0.6) is 0 Å². The van der Waals surface area contributed by atoms with Crippen molar-refractivity contribution < 1.29 is 4.74 Å². The third kappa shape index (κ3) is 3.27. The van der Waals surface area contributed by atoms with Crippen LogP contribution in [0.4, 0.5) is 5.69 Å². The zero-order valence-electron chi connectivity index (χ0n) is 9.96. The molecular formula is C13H17Cl2NO. The number of rotatable bonds is 4. The van der Waals surface area contributed by atoms with E-state index in [4.69, 9.17) is 27.9 Å². The lowest BCUT2D eigenvalue weighted by Crippen LogP contribution is -2.29. The molecule has 1 saturated heterocycles. The summed E-state index contributed by atoms with van der Waals surface area (Å²) in [5.41, 5.74) is 2.21. The second-order valence-corrected chi connectivity index (χ2v) is 5.13. The van der Waals surface area contributed by atoms with Gasteiger partial charge >= 0.3 is 0 Å². The summed E-state index contributed by atoms with van der Waals surface area (Å²) in [5, 5.41) is 0.744. The van der Waals surface area contributed by atoms with Gasteiger partial charge in [-0.05, 0) is 30.5 Å². The summed E-state index contributed by atoms with van der Waals surface area (Å²) in [4.78, 5) is 2.18. The Morgan fingerprint density at radius 3 is 2.94 bits per heavy atom. The standard InChI is InChI=1S/C13H17Cl2NO/c1-16(9-12-3-2-6-17-12)13-7-11(15)5-4-10(13)8-14/h4-5,7,12H,2-3,6,8-9H2,1H3. The minimum absolute atomic E-state index is 0.335. The van der Waals surface area contributed by atoms with Crippen molar-refractivity contribution in [3.63, 3.8) is 0 Å². The smallest absolute Gasteiger partial charge is 0.0750 e. The lowest BCUT2D eigenvalue weighted by Gasteiger charge is -2.25. The highest BCUT2D eigenvalue weighted by atomic mass is 35.5. The van der Waals surface area contributed by atoms with Gasteiger partial charge in [0.15, 0.2) is 0 Å². The number of likely N-dealkylation sites (N-methyl/N-ethyl adjacent to an activating group) is 1. The first kappa shape index (κ1) is 13.0. The Balaban J connectivity index is 2.11. The molecule has 0 N–H and O–H groups in total. The first-order valence-corrected chi connectivity index (χ1v) is 6.79. The van der Waals surface area contributed by atoms with Gasteiger partial charge in [-0.1, -0.05) is 17.7 Å². The fraction of sp³-hybridized carbons (Fsp3) is 0.538. The lowest BCUT2D eigenvalue weighted by atomic mass is 10.1. The van der Waals surface area contributed by atoms with Crippen molar-refractivity contribution >= 4 is 28.9 Å². The zero-order valence-corrected chi connectivity index (χ0v) is 11.5. The van der Waals surface area contributed by atoms with E-state index in [9.17, 15) is 0 Å². The number of hydrogen-bond acceptors (Lipinski definition) is 2. The maximum Gasteiger partial charge on any atom is 0.0750 e. The van der Waals surface area contributed by atoms with E-state index in [1.165, 1.54) is 0 Å². The summed E-state index contributed by atoms with van der Waals surface area (Å²) < 4.78 is 5.64. The highest BCUT2D eigenvalue weighted by molar-refractivity contribution is 6.31. The summed E-state index contributed by atoms with van der Waals surface area (Å²) >= 11 is 12.0. The first-order chi connectivity index (χ1) is 8.20. The average Bonchev–Trinajstić information content (AvgIpc) is 2.81. The van der Waals surface area contributed by atoms with Gasteiger partial charge in [-0.25, -0.2) is 0 Å². The molecule has 4 heteroatoms. The molecule has 2 nitrogen and oxygen atoms in total. The number of ether oxygens (including phenoxy) is 1. The zero-order chi connectivity index (χ0) is 12.3. The quantitative estimate of drug-likeness (QED) is 0.776. The number of nitrogens with zero attached hydrogens (tertiary/aromatic N) is 1. The molecule has 1 aliphatic heterocycles. The van der Waals surface area contributed by atoms with E-state index >= 15 is 0 Å². The molecule has 0 spiro atoms. The number of alkyl halides is 1. The van der Waals surface area contributed by atoms with Crippen molar-refractivity contribution in [2.75, 3.05) is 25.1 Å². The van der Waals surface area contributed by atoms with Crippen LogP contribution in [0, 0.1) is 0 Å². The van der Waals surface area contributed by atoms with Crippen LogP contribution in [0.3, 0.4) is 0 Å². The van der Waals surface area contributed by atoms with Crippen LogP contribution in [0.15, 0.2) is 18.2 Å². The van der Waals surface area contributed by atoms with Gasteiger partial charge in [0.05, 0.1) is 6.10 Å². The molecular weight excluding hydrogens is 257 g/mol. The number of hydrogen-bond donors (Lipinski definition) is 0. The van der Waals surface area contributed by atoms with E-state index in [0.717, 1.165) is 42.3 Å². The molecule has 94 valence electrons. The molecule has 0 bridgehead atoms. The van der Waals surface area contributed by atoms with Crippen LogP contribution in [-0.2, 0) is 10.6 Å². The largest absolute Gasteiger partial charge is 0.376 e. The van der Waals surface area contributed by atoms with Gasteiger partial charge < -0.3 is 9.64 Å². The summed E-state index contributed by atoms with van der Waals surface area (Å²) in [5.74, 6) is 0.502. The monoisotopic (exact) mass is 273 g/mol. The fourth-order valence-corrected chi connectivity index (χ4v) is 2.59. The van der Waals surface area contributed by atoms with E-state index in [-0.39, 0.29) is 0 Å². The fourth-order valence-electron chi connectivity index (χ4n) is 2.20. The Labute approximate surface area is 112 Å². The Kier molecular flexibility index (Phi) is 4.55. The molecule has 0 aromatic heterocycles. The molecule has 1 aliphatic rings. The Morgan fingerprint density at radius 2 is 2.29 bits per heavy atom. The molecule has 0 amide bonds. The van der Waals surface area contributed by atoms with E-state index in [2.05, 4.69) is 11.9 Å². The van der Waals surface area contributed by atoms with E-state index in [0.29, 0.717) is 12.0 Å². The molecule has 1 aromatic rings. The summed E-state index contributed by atoms with van der Waals surface area (Å²) in [6.45, 7) is 1.78. The van der Waals surface area contributed by atoms with Gasteiger partial charge in [-0.3, -0.25) is 0 Å². The van der Waals surface area contributed by atoms with Crippen LogP contribution in [-0.4, -0.2) is 26.3 Å². The van der Waals surface area contributed by atoms with Crippen LogP contribution in [0.2, 0.25) is 5.02 Å². The predicted molar refractivity (Wildman–Crippen MR) is 73.3 cm³/mol. The third-order valence-corrected chi connectivity index (χ3v) is 3.63. The number of halogens is 2. The van der Waals surface area contributed by atoms with Gasteiger partial charge in [-0.2, -0.15) is 0 Å². The van der Waals surface area contributed by atoms with Crippen LogP contribution in [0.1, 0.15) is 18.4 Å². The highest BCUT2D eigenvalue weighted by Crippen LogP contribution is 2.26. The van der Waals surface area contributed by atoms with Crippen molar-refractivity contribution in [3.8, 4) is 0 Å². The third-order valence-electron chi connectivity index (χ3n) is 3.10. The second-order valence-electron chi connectivity index (χ2n) is 4.42. The molecule has 0 radical (unpaired) electrons. The maximum atomic E-state index is 6.03. The first-order valence-electron chi connectivity index (χ1n) is 5.88. The Morgan fingerprint density at radius 1 is 1.47 bits per heavy atom. The van der Waals surface area contributed by atoms with Crippen molar-refractivity contribution in [1.82, 2.24) is 0 Å². The maximum absolute atomic E-state index is 6.03. The van der Waals surface area contributed by atoms with Gasteiger partial charge in [0.1, 0.15) is 0 Å². The lowest BCUT2D eigenvalue weighted by molar-refractivity contribution is 0.116. The molecule has 1 atom stereocenters. The van der Waals surface area contributed by atoms with Gasteiger partial charge in [0.25, 0.3) is 0 Å².